The van der Waals surface area contributed by atoms with E-state index in [1.165, 1.54) is 0 Å². The van der Waals surface area contributed by atoms with E-state index in [0.29, 0.717) is 18.9 Å². The topological polar surface area (TPSA) is 62.5 Å². The molecular weight excluding hydrogens is 204 g/mol. The Morgan fingerprint density at radius 3 is 3.06 bits per heavy atom. The number of nitrogens with one attached hydrogen (secondary N) is 1. The lowest BCUT2D eigenvalue weighted by atomic mass is 10.3. The fourth-order valence-corrected chi connectivity index (χ4v) is 1.45. The molecule has 1 unspecified atom stereocenters. The lowest BCUT2D eigenvalue weighted by molar-refractivity contribution is 0.188. The van der Waals surface area contributed by atoms with Crippen LogP contribution < -0.4 is 5.32 Å². The third-order valence-electron chi connectivity index (χ3n) is 2.32. The van der Waals surface area contributed by atoms with E-state index in [-0.39, 0.29) is 6.10 Å². The van der Waals surface area contributed by atoms with Gasteiger partial charge >= 0.3 is 0 Å². The van der Waals surface area contributed by atoms with E-state index in [2.05, 4.69) is 15.4 Å². The number of rotatable bonds is 4. The van der Waals surface area contributed by atoms with Gasteiger partial charge in [-0.2, -0.15) is 4.98 Å². The van der Waals surface area contributed by atoms with Crippen molar-refractivity contribution in [1.82, 2.24) is 14.6 Å². The van der Waals surface area contributed by atoms with Gasteiger partial charge in [0.15, 0.2) is 5.65 Å². The molecule has 2 rings (SSSR count). The summed E-state index contributed by atoms with van der Waals surface area (Å²) in [5.74, 6) is 0.603. The Bertz CT molecular complexity index is 478. The molecule has 0 radical (unpaired) electrons. The van der Waals surface area contributed by atoms with Crippen molar-refractivity contribution in [2.45, 2.75) is 26.4 Å². The van der Waals surface area contributed by atoms with Crippen molar-refractivity contribution in [2.24, 2.45) is 0 Å². The summed E-state index contributed by atoms with van der Waals surface area (Å²) in [5.41, 5.74) is 1.97. The maximum absolute atomic E-state index is 9.12. The lowest BCUT2D eigenvalue weighted by Gasteiger charge is -2.03. The zero-order chi connectivity index (χ0) is 11.5. The van der Waals surface area contributed by atoms with Crippen LogP contribution in [0.15, 0.2) is 18.3 Å². The molecule has 0 amide bonds. The average molecular weight is 220 g/mol. The van der Waals surface area contributed by atoms with Crippen LogP contribution in [0.1, 0.15) is 18.9 Å². The number of hydrogen-bond donors (Lipinski definition) is 2. The van der Waals surface area contributed by atoms with Crippen molar-refractivity contribution in [2.75, 3.05) is 11.9 Å². The molecule has 0 aliphatic rings. The summed E-state index contributed by atoms with van der Waals surface area (Å²) in [6, 6.07) is 3.94. The number of aryl methyl sites for hydroxylation is 1. The van der Waals surface area contributed by atoms with E-state index < -0.39 is 0 Å². The van der Waals surface area contributed by atoms with Crippen LogP contribution in [0, 0.1) is 6.92 Å². The molecule has 5 heteroatoms. The first-order valence-electron chi connectivity index (χ1n) is 5.40. The number of aliphatic hydroxyl groups is 1. The molecule has 0 saturated carbocycles. The highest BCUT2D eigenvalue weighted by Crippen LogP contribution is 2.07. The number of aromatic nitrogens is 3. The van der Waals surface area contributed by atoms with Gasteiger partial charge in [-0.05, 0) is 31.9 Å². The predicted octanol–water partition coefficient (Wildman–Crippen LogP) is 1.22. The van der Waals surface area contributed by atoms with Crippen molar-refractivity contribution < 1.29 is 5.11 Å². The lowest BCUT2D eigenvalue weighted by Crippen LogP contribution is -2.10. The summed E-state index contributed by atoms with van der Waals surface area (Å²) in [7, 11) is 0. The van der Waals surface area contributed by atoms with Crippen LogP contribution >= 0.6 is 0 Å². The highest BCUT2D eigenvalue weighted by Gasteiger charge is 2.03. The summed E-state index contributed by atoms with van der Waals surface area (Å²) < 4.78 is 1.75. The Morgan fingerprint density at radius 1 is 1.50 bits per heavy atom. The quantitative estimate of drug-likeness (QED) is 0.813. The number of anilines is 1. The molecule has 0 fully saturated rings. The molecule has 0 spiro atoms. The summed E-state index contributed by atoms with van der Waals surface area (Å²) >= 11 is 0. The van der Waals surface area contributed by atoms with E-state index in [4.69, 9.17) is 5.11 Å². The highest BCUT2D eigenvalue weighted by molar-refractivity contribution is 5.43. The van der Waals surface area contributed by atoms with E-state index in [1.807, 2.05) is 25.3 Å². The first-order chi connectivity index (χ1) is 7.65. The van der Waals surface area contributed by atoms with Gasteiger partial charge in [-0.1, -0.05) is 6.07 Å². The fraction of sp³-hybridized carbons (Fsp3) is 0.455. The molecule has 2 aromatic heterocycles. The van der Waals surface area contributed by atoms with Crippen LogP contribution in [0.2, 0.25) is 0 Å². The second kappa shape index (κ2) is 4.49. The van der Waals surface area contributed by atoms with Gasteiger partial charge in [0.25, 0.3) is 0 Å². The minimum absolute atomic E-state index is 0.299. The third kappa shape index (κ3) is 2.49. The Kier molecular flexibility index (Phi) is 3.05. The van der Waals surface area contributed by atoms with E-state index in [0.717, 1.165) is 11.2 Å². The second-order valence-corrected chi connectivity index (χ2v) is 4.01. The zero-order valence-electron chi connectivity index (χ0n) is 9.51. The molecule has 1 atom stereocenters. The van der Waals surface area contributed by atoms with Gasteiger partial charge in [0, 0.05) is 12.7 Å². The minimum atomic E-state index is -0.299. The van der Waals surface area contributed by atoms with Crippen LogP contribution in [-0.4, -0.2) is 32.4 Å². The molecule has 0 aromatic carbocycles. The smallest absolute Gasteiger partial charge is 0.243 e. The van der Waals surface area contributed by atoms with Gasteiger partial charge in [0.05, 0.1) is 6.10 Å². The first-order valence-corrected chi connectivity index (χ1v) is 5.40. The number of aliphatic hydroxyl groups excluding tert-OH is 1. The standard InChI is InChI=1S/C11H16N4O/c1-8-3-4-10-13-11(14-15(10)7-8)12-6-5-9(2)16/h3-4,7,9,16H,5-6H2,1-2H3,(H,12,14). The highest BCUT2D eigenvalue weighted by atomic mass is 16.3. The van der Waals surface area contributed by atoms with E-state index >= 15 is 0 Å². The van der Waals surface area contributed by atoms with Crippen LogP contribution in [0.3, 0.4) is 0 Å². The molecular formula is C11H16N4O. The van der Waals surface area contributed by atoms with Gasteiger partial charge in [-0.25, -0.2) is 4.52 Å². The van der Waals surface area contributed by atoms with E-state index in [1.54, 1.807) is 11.4 Å². The fourth-order valence-electron chi connectivity index (χ4n) is 1.45. The van der Waals surface area contributed by atoms with Gasteiger partial charge in [0.2, 0.25) is 5.95 Å². The summed E-state index contributed by atoms with van der Waals surface area (Å²) in [4.78, 5) is 4.31. The largest absolute Gasteiger partial charge is 0.393 e. The van der Waals surface area contributed by atoms with Crippen molar-refractivity contribution in [3.05, 3.63) is 23.9 Å². The van der Waals surface area contributed by atoms with Crippen molar-refractivity contribution in [3.63, 3.8) is 0 Å². The molecule has 0 bridgehead atoms. The predicted molar refractivity (Wildman–Crippen MR) is 62.5 cm³/mol. The molecule has 16 heavy (non-hydrogen) atoms. The molecule has 5 nitrogen and oxygen atoms in total. The Balaban J connectivity index is 2.08. The number of nitrogens with zero attached hydrogens (tertiary/aromatic N) is 3. The first kappa shape index (κ1) is 10.9. The molecule has 0 aliphatic heterocycles. The zero-order valence-corrected chi connectivity index (χ0v) is 9.51. The molecule has 0 saturated heterocycles. The number of fused-ring (bicyclic) bond motifs is 1. The normalized spacial score (nSPS) is 12.9. The SMILES string of the molecule is Cc1ccc2nc(NCCC(C)O)nn2c1. The molecule has 2 N–H and O–H groups in total. The van der Waals surface area contributed by atoms with Crippen LogP contribution in [0.5, 0.6) is 0 Å². The van der Waals surface area contributed by atoms with Gasteiger partial charge in [-0.3, -0.25) is 0 Å². The second-order valence-electron chi connectivity index (χ2n) is 4.01. The van der Waals surface area contributed by atoms with Crippen LogP contribution in [0.4, 0.5) is 5.95 Å². The average Bonchev–Trinajstić information content (AvgIpc) is 2.58. The summed E-state index contributed by atoms with van der Waals surface area (Å²) in [6.07, 6.45) is 2.32. The monoisotopic (exact) mass is 220 g/mol. The van der Waals surface area contributed by atoms with E-state index in [9.17, 15) is 0 Å². The number of hydrogen-bond acceptors (Lipinski definition) is 4. The van der Waals surface area contributed by atoms with Gasteiger partial charge < -0.3 is 10.4 Å². The summed E-state index contributed by atoms with van der Waals surface area (Å²) in [5, 5.41) is 16.5. The van der Waals surface area contributed by atoms with Crippen LogP contribution in [-0.2, 0) is 0 Å². The Morgan fingerprint density at radius 2 is 2.31 bits per heavy atom. The van der Waals surface area contributed by atoms with Crippen LogP contribution in [0.25, 0.3) is 5.65 Å². The Hall–Kier alpha value is -1.62. The van der Waals surface area contributed by atoms with Crippen molar-refractivity contribution in [3.8, 4) is 0 Å². The maximum Gasteiger partial charge on any atom is 0.243 e. The molecule has 2 aromatic rings. The van der Waals surface area contributed by atoms with Crippen molar-refractivity contribution >= 4 is 11.6 Å². The molecule has 86 valence electrons. The minimum Gasteiger partial charge on any atom is -0.393 e. The van der Waals surface area contributed by atoms with Crippen molar-refractivity contribution in [1.29, 1.82) is 0 Å². The number of pyridine rings is 1. The van der Waals surface area contributed by atoms with Gasteiger partial charge in [0.1, 0.15) is 0 Å². The maximum atomic E-state index is 9.12. The summed E-state index contributed by atoms with van der Waals surface area (Å²) in [6.45, 7) is 4.46. The molecule has 0 aliphatic carbocycles. The van der Waals surface area contributed by atoms with Gasteiger partial charge in [-0.15, -0.1) is 5.10 Å². The molecule has 2 heterocycles. The Labute approximate surface area is 94.1 Å². The third-order valence-corrected chi connectivity index (χ3v) is 2.32.